The number of H-pyrrole nitrogens is 1. The van der Waals surface area contributed by atoms with Gasteiger partial charge in [-0.2, -0.15) is 0 Å². The minimum atomic E-state index is -0.480. The van der Waals surface area contributed by atoms with Crippen LogP contribution in [0.15, 0.2) is 60.9 Å². The van der Waals surface area contributed by atoms with Gasteiger partial charge in [-0.3, -0.25) is 14.9 Å². The van der Waals surface area contributed by atoms with Crippen molar-refractivity contribution in [2.45, 2.75) is 18.9 Å². The van der Waals surface area contributed by atoms with Crippen LogP contribution in [-0.4, -0.2) is 49.8 Å². The number of hydrogen-bond acceptors (Lipinski definition) is 6. The lowest BCUT2D eigenvalue weighted by Gasteiger charge is -2.33. The molecule has 1 amide bonds. The molecule has 1 fully saturated rings. The number of anilines is 1. The summed E-state index contributed by atoms with van der Waals surface area (Å²) in [6, 6.07) is 13.6. The Morgan fingerprint density at radius 2 is 2.00 bits per heavy atom. The van der Waals surface area contributed by atoms with Crippen LogP contribution < -0.4 is 5.32 Å². The first kappa shape index (κ1) is 21.8. The maximum Gasteiger partial charge on any atom is 0.269 e. The van der Waals surface area contributed by atoms with E-state index in [0.29, 0.717) is 35.3 Å². The Kier molecular flexibility index (Phi) is 5.85. The molecule has 0 unspecified atom stereocenters. The first-order valence-corrected chi connectivity index (χ1v) is 11.3. The Hall–Kier alpha value is -3.98. The highest BCUT2D eigenvalue weighted by atomic mass is 35.5. The number of carbonyl (C=O) groups excluding carboxylic acids is 1. The highest BCUT2D eigenvalue weighted by molar-refractivity contribution is 6.33. The molecule has 2 aromatic carbocycles. The van der Waals surface area contributed by atoms with Crippen molar-refractivity contribution in [1.82, 2.24) is 19.9 Å². The van der Waals surface area contributed by atoms with Crippen LogP contribution in [0.1, 0.15) is 23.2 Å². The number of non-ortho nitro benzene ring substituents is 1. The molecule has 0 saturated carbocycles. The molecule has 3 heterocycles. The number of amides is 1. The third kappa shape index (κ3) is 4.29. The van der Waals surface area contributed by atoms with Gasteiger partial charge in [0.15, 0.2) is 0 Å². The standard InChI is InChI=1S/C24H21ClN6O3/c25-20-13-27-24(29-22(20)19-12-26-21-6-2-1-5-18(19)21)28-16-4-3-11-30(14-16)23(32)15-7-9-17(10-8-15)31(33)34/h1-2,5-10,12-13,16,26H,3-4,11,14H2,(H,27,28,29)/t16-/m1/s1. The molecule has 1 aliphatic rings. The lowest BCUT2D eigenvalue weighted by molar-refractivity contribution is -0.384. The van der Waals surface area contributed by atoms with Gasteiger partial charge < -0.3 is 15.2 Å². The number of fused-ring (bicyclic) bond motifs is 1. The quantitative estimate of drug-likeness (QED) is 0.312. The molecule has 0 aliphatic carbocycles. The number of nitro benzene ring substituents is 1. The average molecular weight is 477 g/mol. The number of nitrogens with one attached hydrogen (secondary N) is 2. The summed E-state index contributed by atoms with van der Waals surface area (Å²) in [7, 11) is 0. The number of nitrogens with zero attached hydrogens (tertiary/aromatic N) is 4. The second kappa shape index (κ2) is 9.11. The maximum absolute atomic E-state index is 12.9. The van der Waals surface area contributed by atoms with E-state index in [1.807, 2.05) is 30.5 Å². The molecule has 1 aliphatic heterocycles. The molecule has 1 saturated heterocycles. The van der Waals surface area contributed by atoms with Crippen LogP contribution in [0, 0.1) is 10.1 Å². The van der Waals surface area contributed by atoms with E-state index in [2.05, 4.69) is 20.3 Å². The summed E-state index contributed by atoms with van der Waals surface area (Å²) < 4.78 is 0. The highest BCUT2D eigenvalue weighted by Gasteiger charge is 2.25. The molecule has 0 spiro atoms. The minimum absolute atomic E-state index is 0.0345. The first-order chi connectivity index (χ1) is 16.5. The number of rotatable bonds is 5. The number of hydrogen-bond donors (Lipinski definition) is 2. The zero-order valence-electron chi connectivity index (χ0n) is 18.1. The lowest BCUT2D eigenvalue weighted by atomic mass is 10.0. The Labute approximate surface area is 199 Å². The van der Waals surface area contributed by atoms with Gasteiger partial charge in [-0.25, -0.2) is 9.97 Å². The molecule has 2 aromatic heterocycles. The van der Waals surface area contributed by atoms with Gasteiger partial charge in [0.25, 0.3) is 11.6 Å². The van der Waals surface area contributed by atoms with E-state index in [1.54, 1.807) is 11.1 Å². The Morgan fingerprint density at radius 3 is 2.79 bits per heavy atom. The normalized spacial score (nSPS) is 15.9. The van der Waals surface area contributed by atoms with Crippen LogP contribution in [0.5, 0.6) is 0 Å². The van der Waals surface area contributed by atoms with E-state index in [0.717, 1.165) is 29.3 Å². The molecule has 9 nitrogen and oxygen atoms in total. The fraction of sp³-hybridized carbons (Fsp3) is 0.208. The van der Waals surface area contributed by atoms with Crippen molar-refractivity contribution >= 4 is 40.0 Å². The molecule has 0 bridgehead atoms. The van der Waals surface area contributed by atoms with Crippen LogP contribution in [0.3, 0.4) is 0 Å². The average Bonchev–Trinajstić information content (AvgIpc) is 3.29. The summed E-state index contributed by atoms with van der Waals surface area (Å²) in [5.74, 6) is 0.289. The van der Waals surface area contributed by atoms with Crippen molar-refractivity contribution < 1.29 is 9.72 Å². The molecule has 5 rings (SSSR count). The topological polar surface area (TPSA) is 117 Å². The molecular weight excluding hydrogens is 456 g/mol. The van der Waals surface area contributed by atoms with E-state index in [1.165, 1.54) is 24.3 Å². The van der Waals surface area contributed by atoms with Gasteiger partial charge in [0.05, 0.1) is 21.8 Å². The number of carbonyl (C=O) groups is 1. The predicted molar refractivity (Wildman–Crippen MR) is 130 cm³/mol. The number of likely N-dealkylation sites (tertiary alicyclic amines) is 1. The smallest absolute Gasteiger partial charge is 0.269 e. The molecule has 2 N–H and O–H groups in total. The Bertz CT molecular complexity index is 1370. The number of piperidine rings is 1. The summed E-state index contributed by atoms with van der Waals surface area (Å²) in [4.78, 5) is 37.3. The molecule has 172 valence electrons. The Balaban J connectivity index is 1.32. The van der Waals surface area contributed by atoms with Crippen LogP contribution in [0.4, 0.5) is 11.6 Å². The van der Waals surface area contributed by atoms with Crippen LogP contribution in [-0.2, 0) is 0 Å². The van der Waals surface area contributed by atoms with Crippen molar-refractivity contribution in [3.05, 3.63) is 81.6 Å². The molecule has 4 aromatic rings. The molecule has 1 atom stereocenters. The molecule has 34 heavy (non-hydrogen) atoms. The number of para-hydroxylation sites is 1. The van der Waals surface area contributed by atoms with Crippen LogP contribution >= 0.6 is 11.6 Å². The maximum atomic E-state index is 12.9. The zero-order valence-corrected chi connectivity index (χ0v) is 18.8. The summed E-state index contributed by atoms with van der Waals surface area (Å²) in [6.07, 6.45) is 5.14. The van der Waals surface area contributed by atoms with Gasteiger partial charge in [0.1, 0.15) is 0 Å². The number of benzene rings is 2. The van der Waals surface area contributed by atoms with Gasteiger partial charge in [-0.15, -0.1) is 0 Å². The third-order valence-corrected chi connectivity index (χ3v) is 6.23. The molecule has 10 heteroatoms. The van der Waals surface area contributed by atoms with Gasteiger partial charge in [0.2, 0.25) is 5.95 Å². The van der Waals surface area contributed by atoms with E-state index in [-0.39, 0.29) is 17.6 Å². The first-order valence-electron chi connectivity index (χ1n) is 10.9. The summed E-state index contributed by atoms with van der Waals surface area (Å²) >= 11 is 6.43. The predicted octanol–water partition coefficient (Wildman–Crippen LogP) is 4.90. The summed E-state index contributed by atoms with van der Waals surface area (Å²) in [5.41, 5.74) is 2.90. The van der Waals surface area contributed by atoms with E-state index in [4.69, 9.17) is 11.6 Å². The van der Waals surface area contributed by atoms with Crippen LogP contribution in [0.25, 0.3) is 22.2 Å². The fourth-order valence-corrected chi connectivity index (χ4v) is 4.46. The second-order valence-corrected chi connectivity index (χ2v) is 8.58. The number of aromatic nitrogens is 3. The molecular formula is C24H21ClN6O3. The van der Waals surface area contributed by atoms with Gasteiger partial charge in [-0.05, 0) is 31.0 Å². The zero-order chi connectivity index (χ0) is 23.7. The van der Waals surface area contributed by atoms with Crippen LogP contribution in [0.2, 0.25) is 5.02 Å². The fourth-order valence-electron chi connectivity index (χ4n) is 4.26. The van der Waals surface area contributed by atoms with E-state index in [9.17, 15) is 14.9 Å². The third-order valence-electron chi connectivity index (χ3n) is 5.96. The highest BCUT2D eigenvalue weighted by Crippen LogP contribution is 2.32. The van der Waals surface area contributed by atoms with Crippen molar-refractivity contribution in [3.8, 4) is 11.3 Å². The van der Waals surface area contributed by atoms with Crippen molar-refractivity contribution in [2.24, 2.45) is 0 Å². The summed E-state index contributed by atoms with van der Waals surface area (Å²) in [6.45, 7) is 1.10. The van der Waals surface area contributed by atoms with Gasteiger partial charge in [0, 0.05) is 59.5 Å². The monoisotopic (exact) mass is 476 g/mol. The second-order valence-electron chi connectivity index (χ2n) is 8.18. The van der Waals surface area contributed by atoms with Gasteiger partial charge >= 0.3 is 0 Å². The van der Waals surface area contributed by atoms with E-state index < -0.39 is 4.92 Å². The molecule has 0 radical (unpaired) electrons. The van der Waals surface area contributed by atoms with Crippen molar-refractivity contribution in [2.75, 3.05) is 18.4 Å². The van der Waals surface area contributed by atoms with Crippen molar-refractivity contribution in [1.29, 1.82) is 0 Å². The SMILES string of the molecule is O=C(c1ccc([N+](=O)[O-])cc1)N1CCC[C@@H](Nc2ncc(Cl)c(-c3c[nH]c4ccccc34)n2)C1. The Morgan fingerprint density at radius 1 is 1.21 bits per heavy atom. The largest absolute Gasteiger partial charge is 0.360 e. The lowest BCUT2D eigenvalue weighted by Crippen LogP contribution is -2.45. The minimum Gasteiger partial charge on any atom is -0.360 e. The summed E-state index contributed by atoms with van der Waals surface area (Å²) in [5, 5.41) is 15.7. The number of halogens is 1. The van der Waals surface area contributed by atoms with E-state index >= 15 is 0 Å². The van der Waals surface area contributed by atoms with Gasteiger partial charge in [-0.1, -0.05) is 29.8 Å². The number of aromatic amines is 1. The van der Waals surface area contributed by atoms with Crippen molar-refractivity contribution in [3.63, 3.8) is 0 Å². The number of nitro groups is 1.